The van der Waals surface area contributed by atoms with E-state index in [1.165, 1.54) is 18.2 Å². The maximum atomic E-state index is 12.3. The molecule has 8 heteroatoms. The van der Waals surface area contributed by atoms with Crippen molar-refractivity contribution in [2.24, 2.45) is 5.73 Å². The second-order valence-electron chi connectivity index (χ2n) is 4.13. The number of hydrogen-bond donors (Lipinski definition) is 2. The molecule has 21 heavy (non-hydrogen) atoms. The second kappa shape index (κ2) is 6.31. The maximum absolute atomic E-state index is 12.3. The molecule has 0 aliphatic carbocycles. The molecule has 0 aliphatic rings. The van der Waals surface area contributed by atoms with Crippen molar-refractivity contribution in [3.63, 3.8) is 0 Å². The quantitative estimate of drug-likeness (QED) is 0.763. The zero-order valence-electron chi connectivity index (χ0n) is 10.5. The van der Waals surface area contributed by atoms with E-state index in [1.54, 1.807) is 24.3 Å². The molecular formula is C13H10BrClN2O2S2. The average molecular weight is 406 g/mol. The molecule has 0 aliphatic heterocycles. The number of benzene rings is 2. The highest BCUT2D eigenvalue weighted by Gasteiger charge is 2.15. The fraction of sp³-hybridized carbons (Fsp3) is 0. The predicted molar refractivity (Wildman–Crippen MR) is 92.3 cm³/mol. The molecular weight excluding hydrogens is 396 g/mol. The van der Waals surface area contributed by atoms with Crippen LogP contribution in [-0.4, -0.2) is 13.4 Å². The van der Waals surface area contributed by atoms with Gasteiger partial charge in [-0.25, -0.2) is 8.42 Å². The fourth-order valence-electron chi connectivity index (χ4n) is 1.59. The van der Waals surface area contributed by atoms with Crippen LogP contribution in [0, 0.1) is 0 Å². The van der Waals surface area contributed by atoms with Crippen LogP contribution in [-0.2, 0) is 10.0 Å². The summed E-state index contributed by atoms with van der Waals surface area (Å²) in [4.78, 5) is 0.296. The van der Waals surface area contributed by atoms with Crippen molar-refractivity contribution in [1.29, 1.82) is 0 Å². The Morgan fingerprint density at radius 2 is 1.95 bits per heavy atom. The molecule has 0 spiro atoms. The van der Waals surface area contributed by atoms with E-state index in [4.69, 9.17) is 29.6 Å². The smallest absolute Gasteiger partial charge is 0.261 e. The number of sulfonamides is 1. The van der Waals surface area contributed by atoms with Crippen molar-refractivity contribution >= 4 is 60.4 Å². The van der Waals surface area contributed by atoms with Crippen LogP contribution in [0.2, 0.25) is 5.02 Å². The molecule has 0 fully saturated rings. The fourth-order valence-corrected chi connectivity index (χ4v) is 3.44. The van der Waals surface area contributed by atoms with Crippen molar-refractivity contribution in [2.75, 3.05) is 4.72 Å². The van der Waals surface area contributed by atoms with Gasteiger partial charge in [0.1, 0.15) is 4.99 Å². The monoisotopic (exact) mass is 404 g/mol. The summed E-state index contributed by atoms with van der Waals surface area (Å²) in [6.07, 6.45) is 0. The van der Waals surface area contributed by atoms with Crippen molar-refractivity contribution in [2.45, 2.75) is 4.90 Å². The van der Waals surface area contributed by atoms with E-state index in [-0.39, 0.29) is 9.88 Å². The van der Waals surface area contributed by atoms with E-state index < -0.39 is 10.0 Å². The summed E-state index contributed by atoms with van der Waals surface area (Å²) in [5.74, 6) is 0. The zero-order valence-corrected chi connectivity index (χ0v) is 14.5. The van der Waals surface area contributed by atoms with Crippen LogP contribution in [0.4, 0.5) is 5.69 Å². The van der Waals surface area contributed by atoms with E-state index in [2.05, 4.69) is 20.7 Å². The van der Waals surface area contributed by atoms with Crippen LogP contribution >= 0.6 is 39.7 Å². The predicted octanol–water partition coefficient (Wildman–Crippen LogP) is 3.54. The van der Waals surface area contributed by atoms with Crippen LogP contribution in [0.25, 0.3) is 0 Å². The number of thiocarbonyl (C=S) groups is 1. The lowest BCUT2D eigenvalue weighted by atomic mass is 10.2. The largest absolute Gasteiger partial charge is 0.389 e. The van der Waals surface area contributed by atoms with Crippen LogP contribution in [0.15, 0.2) is 51.8 Å². The summed E-state index contributed by atoms with van der Waals surface area (Å²) < 4.78 is 27.6. The van der Waals surface area contributed by atoms with Gasteiger partial charge in [0, 0.05) is 15.7 Å². The minimum absolute atomic E-state index is 0.0968. The minimum Gasteiger partial charge on any atom is -0.389 e. The Hall–Kier alpha value is -1.15. The van der Waals surface area contributed by atoms with Crippen molar-refractivity contribution in [1.82, 2.24) is 0 Å². The van der Waals surface area contributed by atoms with Gasteiger partial charge in [0.2, 0.25) is 0 Å². The lowest BCUT2D eigenvalue weighted by Gasteiger charge is -2.10. The number of halogens is 2. The molecule has 2 aromatic carbocycles. The third kappa shape index (κ3) is 3.94. The van der Waals surface area contributed by atoms with Crippen molar-refractivity contribution in [3.8, 4) is 0 Å². The normalized spacial score (nSPS) is 11.1. The van der Waals surface area contributed by atoms with Gasteiger partial charge >= 0.3 is 0 Å². The minimum atomic E-state index is -3.72. The first-order valence-corrected chi connectivity index (χ1v) is 8.73. The molecule has 0 saturated carbocycles. The van der Waals surface area contributed by atoms with Gasteiger partial charge in [-0.3, -0.25) is 4.72 Å². The molecule has 4 nitrogen and oxygen atoms in total. The van der Waals surface area contributed by atoms with Crippen LogP contribution < -0.4 is 10.5 Å². The van der Waals surface area contributed by atoms with Gasteiger partial charge in [0.15, 0.2) is 0 Å². The summed E-state index contributed by atoms with van der Waals surface area (Å²) in [5.41, 5.74) is 6.49. The Morgan fingerprint density at radius 3 is 2.57 bits per heavy atom. The third-order valence-corrected chi connectivity index (χ3v) is 5.43. The molecule has 0 saturated heterocycles. The summed E-state index contributed by atoms with van der Waals surface area (Å²) in [5, 5.41) is 0.435. The van der Waals surface area contributed by atoms with Gasteiger partial charge in [-0.15, -0.1) is 0 Å². The summed E-state index contributed by atoms with van der Waals surface area (Å²) in [6, 6.07) is 10.9. The molecule has 110 valence electrons. The van der Waals surface area contributed by atoms with Crippen molar-refractivity contribution < 1.29 is 8.42 Å². The summed E-state index contributed by atoms with van der Waals surface area (Å²) >= 11 is 13.9. The lowest BCUT2D eigenvalue weighted by molar-refractivity contribution is 0.601. The first-order valence-electron chi connectivity index (χ1n) is 5.67. The molecule has 3 N–H and O–H groups in total. The van der Waals surface area contributed by atoms with Gasteiger partial charge in [-0.2, -0.15) is 0 Å². The number of nitrogens with one attached hydrogen (secondary N) is 1. The van der Waals surface area contributed by atoms with Crippen LogP contribution in [0.3, 0.4) is 0 Å². The van der Waals surface area contributed by atoms with Crippen LogP contribution in [0.1, 0.15) is 5.56 Å². The standard InChI is InChI=1S/C13H10BrClN2O2S2/c14-11-7-10(4-5-12(11)15)21(18,19)17-9-3-1-2-8(6-9)13(16)20/h1-7,17H,(H2,16,20). The number of nitrogens with two attached hydrogens (primary N) is 1. The van der Waals surface area contributed by atoms with Gasteiger partial charge in [-0.05, 0) is 46.3 Å². The van der Waals surface area contributed by atoms with E-state index in [1.807, 2.05) is 0 Å². The number of hydrogen-bond acceptors (Lipinski definition) is 3. The SMILES string of the molecule is NC(=S)c1cccc(NS(=O)(=O)c2ccc(Cl)c(Br)c2)c1. The Balaban J connectivity index is 2.35. The lowest BCUT2D eigenvalue weighted by Crippen LogP contribution is -2.14. The molecule has 0 atom stereocenters. The topological polar surface area (TPSA) is 72.2 Å². The van der Waals surface area contributed by atoms with E-state index >= 15 is 0 Å². The van der Waals surface area contributed by atoms with Gasteiger partial charge in [0.05, 0.1) is 9.92 Å². The summed E-state index contributed by atoms with van der Waals surface area (Å²) in [6.45, 7) is 0. The summed E-state index contributed by atoms with van der Waals surface area (Å²) in [7, 11) is -3.72. The first kappa shape index (κ1) is 16.2. The molecule has 0 amide bonds. The van der Waals surface area contributed by atoms with Crippen LogP contribution in [0.5, 0.6) is 0 Å². The maximum Gasteiger partial charge on any atom is 0.261 e. The highest BCUT2D eigenvalue weighted by Crippen LogP contribution is 2.26. The highest BCUT2D eigenvalue weighted by molar-refractivity contribution is 9.10. The Kier molecular flexibility index (Phi) is 4.88. The first-order chi connectivity index (χ1) is 9.79. The molecule has 0 radical (unpaired) electrons. The molecule has 0 heterocycles. The Bertz CT molecular complexity index is 810. The number of anilines is 1. The third-order valence-electron chi connectivity index (χ3n) is 2.60. The number of rotatable bonds is 4. The van der Waals surface area contributed by atoms with E-state index in [9.17, 15) is 8.42 Å². The molecule has 0 unspecified atom stereocenters. The highest BCUT2D eigenvalue weighted by atomic mass is 79.9. The van der Waals surface area contributed by atoms with Gasteiger partial charge in [0.25, 0.3) is 10.0 Å². The van der Waals surface area contributed by atoms with E-state index in [0.717, 1.165) is 0 Å². The Morgan fingerprint density at radius 1 is 1.24 bits per heavy atom. The van der Waals surface area contributed by atoms with E-state index in [0.29, 0.717) is 20.7 Å². The molecule has 0 aromatic heterocycles. The molecule has 0 bridgehead atoms. The molecule has 2 rings (SSSR count). The van der Waals surface area contributed by atoms with Gasteiger partial charge < -0.3 is 5.73 Å². The van der Waals surface area contributed by atoms with Gasteiger partial charge in [-0.1, -0.05) is 36.0 Å². The average Bonchev–Trinajstić information content (AvgIpc) is 2.41. The van der Waals surface area contributed by atoms with Crippen molar-refractivity contribution in [3.05, 3.63) is 57.5 Å². The second-order valence-corrected chi connectivity index (χ2v) is 7.51. The molecule has 2 aromatic rings. The Labute approximate surface area is 141 Å². The zero-order chi connectivity index (χ0) is 15.6.